The lowest BCUT2D eigenvalue weighted by Crippen LogP contribution is -1.98. The van der Waals surface area contributed by atoms with Crippen LogP contribution in [0.1, 0.15) is 22.6 Å². The molecule has 24 heavy (non-hydrogen) atoms. The van der Waals surface area contributed by atoms with Gasteiger partial charge in [0.05, 0.1) is 4.47 Å². The van der Waals surface area contributed by atoms with Crippen LogP contribution in [-0.2, 0) is 6.61 Å². The van der Waals surface area contributed by atoms with E-state index in [1.165, 1.54) is 11.1 Å². The summed E-state index contributed by atoms with van der Waals surface area (Å²) in [5, 5.41) is 7.38. The highest BCUT2D eigenvalue weighted by Crippen LogP contribution is 2.28. The Morgan fingerprint density at radius 3 is 2.71 bits per heavy atom. The van der Waals surface area contributed by atoms with E-state index in [0.29, 0.717) is 12.5 Å². The van der Waals surface area contributed by atoms with E-state index in [1.54, 1.807) is 6.08 Å². The molecule has 0 aliphatic carbocycles. The van der Waals surface area contributed by atoms with Crippen LogP contribution in [-0.4, -0.2) is 10.2 Å². The predicted octanol–water partition coefficient (Wildman–Crippen LogP) is 4.47. The van der Waals surface area contributed by atoms with Gasteiger partial charge in [-0.3, -0.25) is 0 Å². The number of aryl methyl sites for hydroxylation is 1. The third-order valence-electron chi connectivity index (χ3n) is 3.47. The van der Waals surface area contributed by atoms with Crippen molar-refractivity contribution in [2.75, 3.05) is 5.73 Å². The lowest BCUT2D eigenvalue weighted by molar-refractivity contribution is 0.303. The lowest BCUT2D eigenvalue weighted by Gasteiger charge is -2.10. The minimum Gasteiger partial charge on any atom is -0.488 e. The topological polar surface area (TPSA) is 74.2 Å². The summed E-state index contributed by atoms with van der Waals surface area (Å²) in [6.07, 6.45) is 3.57. The van der Waals surface area contributed by atoms with Crippen LogP contribution in [0.5, 0.6) is 5.75 Å². The number of anilines is 1. The Bertz CT molecular complexity index is 874. The average molecular weight is 386 g/mol. The minimum atomic E-state index is 0.0517. The number of aromatic nitrogens is 2. The molecule has 1 heterocycles. The fourth-order valence-corrected chi connectivity index (χ4v) is 2.66. The van der Waals surface area contributed by atoms with Crippen LogP contribution in [0.4, 0.5) is 6.01 Å². The molecule has 6 heteroatoms. The van der Waals surface area contributed by atoms with Gasteiger partial charge in [-0.1, -0.05) is 35.4 Å². The van der Waals surface area contributed by atoms with Crippen molar-refractivity contribution >= 4 is 34.1 Å². The van der Waals surface area contributed by atoms with E-state index in [0.717, 1.165) is 15.8 Å². The number of hydrogen-bond donors (Lipinski definition) is 1. The van der Waals surface area contributed by atoms with E-state index in [-0.39, 0.29) is 6.01 Å². The van der Waals surface area contributed by atoms with Gasteiger partial charge >= 0.3 is 6.01 Å². The first-order valence-corrected chi connectivity index (χ1v) is 8.15. The van der Waals surface area contributed by atoms with E-state index in [2.05, 4.69) is 45.2 Å². The van der Waals surface area contributed by atoms with Gasteiger partial charge in [-0.2, -0.15) is 0 Å². The Kier molecular flexibility index (Phi) is 4.96. The second-order valence-electron chi connectivity index (χ2n) is 5.22. The molecule has 0 unspecified atom stereocenters. The zero-order valence-electron chi connectivity index (χ0n) is 13.1. The Morgan fingerprint density at radius 1 is 1.17 bits per heavy atom. The standard InChI is InChI=1S/C18H16BrN3O2/c1-12-4-2-3-5-14(12)11-23-16-8-6-13(10-15(16)19)7-9-17-21-22-18(20)24-17/h2-10H,11H2,1H3,(H2,20,22)/b9-7+. The molecular weight excluding hydrogens is 370 g/mol. The third kappa shape index (κ3) is 4.02. The fourth-order valence-electron chi connectivity index (χ4n) is 2.15. The van der Waals surface area contributed by atoms with Crippen molar-refractivity contribution in [1.82, 2.24) is 10.2 Å². The van der Waals surface area contributed by atoms with Crippen molar-refractivity contribution < 1.29 is 9.15 Å². The number of ether oxygens (including phenoxy) is 1. The second-order valence-corrected chi connectivity index (χ2v) is 6.07. The van der Waals surface area contributed by atoms with Crippen LogP contribution >= 0.6 is 15.9 Å². The van der Waals surface area contributed by atoms with Gasteiger partial charge in [0, 0.05) is 6.08 Å². The molecule has 2 N–H and O–H groups in total. The molecule has 0 radical (unpaired) electrons. The molecule has 0 saturated heterocycles. The molecule has 0 fully saturated rings. The summed E-state index contributed by atoms with van der Waals surface area (Å²) < 4.78 is 11.9. The number of nitrogens with two attached hydrogens (primary N) is 1. The van der Waals surface area contributed by atoms with Crippen LogP contribution in [0, 0.1) is 6.92 Å². The largest absolute Gasteiger partial charge is 0.488 e. The highest BCUT2D eigenvalue weighted by atomic mass is 79.9. The number of nitrogens with zero attached hydrogens (tertiary/aromatic N) is 2. The summed E-state index contributed by atoms with van der Waals surface area (Å²) in [5.41, 5.74) is 8.74. The fraction of sp³-hybridized carbons (Fsp3) is 0.111. The number of hydrogen-bond acceptors (Lipinski definition) is 5. The summed E-state index contributed by atoms with van der Waals surface area (Å²) >= 11 is 3.54. The molecule has 5 nitrogen and oxygen atoms in total. The third-order valence-corrected chi connectivity index (χ3v) is 4.09. The molecule has 2 aromatic carbocycles. The van der Waals surface area contributed by atoms with E-state index < -0.39 is 0 Å². The van der Waals surface area contributed by atoms with Crippen molar-refractivity contribution in [1.29, 1.82) is 0 Å². The second kappa shape index (κ2) is 7.31. The monoisotopic (exact) mass is 385 g/mol. The number of benzene rings is 2. The van der Waals surface area contributed by atoms with Crippen molar-refractivity contribution in [3.8, 4) is 5.75 Å². The lowest BCUT2D eigenvalue weighted by atomic mass is 10.1. The van der Waals surface area contributed by atoms with Gasteiger partial charge in [-0.15, -0.1) is 5.10 Å². The summed E-state index contributed by atoms with van der Waals surface area (Å²) in [4.78, 5) is 0. The molecule has 0 atom stereocenters. The molecule has 1 aromatic heterocycles. The Hall–Kier alpha value is -2.60. The van der Waals surface area contributed by atoms with E-state index in [4.69, 9.17) is 14.9 Å². The molecule has 0 spiro atoms. The maximum absolute atomic E-state index is 5.90. The normalized spacial score (nSPS) is 11.1. The number of rotatable bonds is 5. The first kappa shape index (κ1) is 16.3. The van der Waals surface area contributed by atoms with Gasteiger partial charge in [0.1, 0.15) is 12.4 Å². The summed E-state index contributed by atoms with van der Waals surface area (Å²) in [6.45, 7) is 2.60. The Morgan fingerprint density at radius 2 is 2.00 bits per heavy atom. The van der Waals surface area contributed by atoms with Crippen molar-refractivity contribution in [3.63, 3.8) is 0 Å². The number of halogens is 1. The first-order valence-electron chi connectivity index (χ1n) is 7.36. The highest BCUT2D eigenvalue weighted by Gasteiger charge is 2.04. The molecule has 122 valence electrons. The zero-order chi connectivity index (χ0) is 16.9. The minimum absolute atomic E-state index is 0.0517. The van der Waals surface area contributed by atoms with Crippen LogP contribution < -0.4 is 10.5 Å². The van der Waals surface area contributed by atoms with Gasteiger partial charge in [-0.05, 0) is 57.8 Å². The maximum Gasteiger partial charge on any atom is 0.313 e. The van der Waals surface area contributed by atoms with Crippen LogP contribution in [0.2, 0.25) is 0 Å². The van der Waals surface area contributed by atoms with E-state index >= 15 is 0 Å². The maximum atomic E-state index is 5.90. The van der Waals surface area contributed by atoms with Crippen LogP contribution in [0.15, 0.2) is 51.4 Å². The molecule has 3 aromatic rings. The van der Waals surface area contributed by atoms with Crippen molar-refractivity contribution in [2.45, 2.75) is 13.5 Å². The predicted molar refractivity (Wildman–Crippen MR) is 97.3 cm³/mol. The van der Waals surface area contributed by atoms with Gasteiger partial charge in [0.2, 0.25) is 5.89 Å². The van der Waals surface area contributed by atoms with Crippen LogP contribution in [0.25, 0.3) is 12.2 Å². The average Bonchev–Trinajstić information content (AvgIpc) is 2.99. The SMILES string of the molecule is Cc1ccccc1COc1ccc(/C=C/c2nnc(N)o2)cc1Br. The Labute approximate surface area is 148 Å². The summed E-state index contributed by atoms with van der Waals surface area (Å²) in [7, 11) is 0. The molecule has 0 bridgehead atoms. The zero-order valence-corrected chi connectivity index (χ0v) is 14.7. The van der Waals surface area contributed by atoms with Gasteiger partial charge in [0.15, 0.2) is 0 Å². The van der Waals surface area contributed by atoms with Gasteiger partial charge in [-0.25, -0.2) is 0 Å². The van der Waals surface area contributed by atoms with Gasteiger partial charge < -0.3 is 14.9 Å². The molecule has 0 amide bonds. The molecule has 0 aliphatic rings. The summed E-state index contributed by atoms with van der Waals surface area (Å²) in [5.74, 6) is 1.15. The molecule has 0 saturated carbocycles. The van der Waals surface area contributed by atoms with Crippen molar-refractivity contribution in [3.05, 3.63) is 69.5 Å². The Balaban J connectivity index is 1.68. The van der Waals surface area contributed by atoms with Crippen molar-refractivity contribution in [2.24, 2.45) is 0 Å². The molecular formula is C18H16BrN3O2. The molecule has 0 aliphatic heterocycles. The summed E-state index contributed by atoms with van der Waals surface area (Å²) in [6, 6.07) is 14.1. The first-order chi connectivity index (χ1) is 11.6. The quantitative estimate of drug-likeness (QED) is 0.700. The van der Waals surface area contributed by atoms with E-state index in [1.807, 2.05) is 36.4 Å². The molecule has 3 rings (SSSR count). The smallest absolute Gasteiger partial charge is 0.313 e. The van der Waals surface area contributed by atoms with Gasteiger partial charge in [0.25, 0.3) is 0 Å². The number of nitrogen functional groups attached to an aromatic ring is 1. The van der Waals surface area contributed by atoms with Crippen LogP contribution in [0.3, 0.4) is 0 Å². The highest BCUT2D eigenvalue weighted by molar-refractivity contribution is 9.10. The van der Waals surface area contributed by atoms with E-state index in [9.17, 15) is 0 Å².